The number of carbonyl (C=O) groups excluding carboxylic acids is 1. The number of esters is 1. The second-order valence-electron chi connectivity index (χ2n) is 3.01. The zero-order valence-electron chi connectivity index (χ0n) is 8.83. The third-order valence-corrected chi connectivity index (χ3v) is 2.17. The van der Waals surface area contributed by atoms with Gasteiger partial charge < -0.3 is 20.3 Å². The molecule has 0 aliphatic carbocycles. The molecule has 0 heterocycles. The number of nitrogens with two attached hydrogens (primary N) is 1. The minimum Gasteiger partial charge on any atom is -0.504 e. The third-order valence-electron chi connectivity index (χ3n) is 2.17. The summed E-state index contributed by atoms with van der Waals surface area (Å²) in [5.74, 6) is -0.745. The summed E-state index contributed by atoms with van der Waals surface area (Å²) in [7, 11) is 2.61. The van der Waals surface area contributed by atoms with E-state index >= 15 is 0 Å². The van der Waals surface area contributed by atoms with Crippen LogP contribution in [0.3, 0.4) is 0 Å². The van der Waals surface area contributed by atoms with Gasteiger partial charge >= 0.3 is 5.97 Å². The van der Waals surface area contributed by atoms with Gasteiger partial charge in [0.1, 0.15) is 5.56 Å². The van der Waals surface area contributed by atoms with Gasteiger partial charge in [0.25, 0.3) is 0 Å². The molecule has 0 aliphatic heterocycles. The molecule has 0 saturated heterocycles. The molecule has 0 radical (unpaired) electrons. The van der Waals surface area contributed by atoms with Crippen molar-refractivity contribution in [3.8, 4) is 11.5 Å². The van der Waals surface area contributed by atoms with Gasteiger partial charge in [0.05, 0.1) is 14.2 Å². The molecular weight excluding hydrogens is 198 g/mol. The van der Waals surface area contributed by atoms with Crippen LogP contribution in [0.4, 0.5) is 5.69 Å². The molecule has 3 N–H and O–H groups in total. The topological polar surface area (TPSA) is 81.8 Å². The van der Waals surface area contributed by atoms with Crippen LogP contribution in [0.2, 0.25) is 0 Å². The van der Waals surface area contributed by atoms with Gasteiger partial charge in [0.2, 0.25) is 0 Å². The van der Waals surface area contributed by atoms with Crippen molar-refractivity contribution in [3.63, 3.8) is 0 Å². The number of nitrogen functional groups attached to an aromatic ring is 1. The van der Waals surface area contributed by atoms with Crippen molar-refractivity contribution in [2.24, 2.45) is 0 Å². The van der Waals surface area contributed by atoms with Crippen LogP contribution >= 0.6 is 0 Å². The Morgan fingerprint density at radius 2 is 2.07 bits per heavy atom. The summed E-state index contributed by atoms with van der Waals surface area (Å²) in [4.78, 5) is 11.4. The highest BCUT2D eigenvalue weighted by molar-refractivity contribution is 5.96. The van der Waals surface area contributed by atoms with Gasteiger partial charge in [-0.2, -0.15) is 0 Å². The van der Waals surface area contributed by atoms with Crippen LogP contribution in [0.5, 0.6) is 11.5 Å². The van der Waals surface area contributed by atoms with Gasteiger partial charge in [-0.25, -0.2) is 4.79 Å². The first kappa shape index (κ1) is 11.2. The average molecular weight is 211 g/mol. The lowest BCUT2D eigenvalue weighted by atomic mass is 10.0. The lowest BCUT2D eigenvalue weighted by molar-refractivity contribution is 0.0596. The van der Waals surface area contributed by atoms with Crippen molar-refractivity contribution in [1.29, 1.82) is 0 Å². The van der Waals surface area contributed by atoms with E-state index in [0.29, 0.717) is 11.3 Å². The molecule has 0 spiro atoms. The van der Waals surface area contributed by atoms with Crippen LogP contribution in [0.25, 0.3) is 0 Å². The van der Waals surface area contributed by atoms with E-state index in [0.717, 1.165) is 0 Å². The molecule has 0 amide bonds. The molecule has 0 saturated carbocycles. The second kappa shape index (κ2) is 4.08. The summed E-state index contributed by atoms with van der Waals surface area (Å²) >= 11 is 0. The summed E-state index contributed by atoms with van der Waals surface area (Å²) in [5, 5.41) is 9.71. The molecule has 0 unspecified atom stereocenters. The van der Waals surface area contributed by atoms with E-state index < -0.39 is 5.97 Å². The van der Waals surface area contributed by atoms with Crippen molar-refractivity contribution < 1.29 is 19.4 Å². The molecule has 5 nitrogen and oxygen atoms in total. The highest BCUT2D eigenvalue weighted by Gasteiger charge is 2.20. The number of benzene rings is 1. The van der Waals surface area contributed by atoms with E-state index in [1.54, 1.807) is 6.92 Å². The predicted octanol–water partition coefficient (Wildman–Crippen LogP) is 1.08. The van der Waals surface area contributed by atoms with E-state index in [-0.39, 0.29) is 17.1 Å². The van der Waals surface area contributed by atoms with Gasteiger partial charge in [-0.1, -0.05) is 0 Å². The smallest absolute Gasteiger partial charge is 0.342 e. The highest BCUT2D eigenvalue weighted by Crippen LogP contribution is 2.36. The monoisotopic (exact) mass is 211 g/mol. The maximum atomic E-state index is 11.4. The number of anilines is 1. The number of phenols is 1. The van der Waals surface area contributed by atoms with Crippen LogP contribution in [0, 0.1) is 6.92 Å². The highest BCUT2D eigenvalue weighted by atomic mass is 16.5. The van der Waals surface area contributed by atoms with E-state index in [9.17, 15) is 9.90 Å². The number of methoxy groups -OCH3 is 2. The van der Waals surface area contributed by atoms with Crippen LogP contribution < -0.4 is 10.5 Å². The number of hydrogen-bond acceptors (Lipinski definition) is 5. The Labute approximate surface area is 87.4 Å². The first-order valence-electron chi connectivity index (χ1n) is 4.27. The largest absolute Gasteiger partial charge is 0.504 e. The standard InChI is InChI=1S/C10H13NO4/c1-5-6(11)4-7(14-2)9(12)8(5)10(13)15-3/h4,12H,11H2,1-3H3. The zero-order chi connectivity index (χ0) is 11.6. The van der Waals surface area contributed by atoms with Gasteiger partial charge in [-0.15, -0.1) is 0 Å². The van der Waals surface area contributed by atoms with Gasteiger partial charge in [0.15, 0.2) is 11.5 Å². The Morgan fingerprint density at radius 3 is 2.53 bits per heavy atom. The Hall–Kier alpha value is -1.91. The van der Waals surface area contributed by atoms with Crippen LogP contribution in [0.1, 0.15) is 15.9 Å². The van der Waals surface area contributed by atoms with Crippen molar-refractivity contribution in [1.82, 2.24) is 0 Å². The first-order chi connectivity index (χ1) is 7.02. The molecule has 1 rings (SSSR count). The number of carbonyl (C=O) groups is 1. The summed E-state index contributed by atoms with van der Waals surface area (Å²) in [6.45, 7) is 1.63. The van der Waals surface area contributed by atoms with E-state index in [2.05, 4.69) is 4.74 Å². The normalized spacial score (nSPS) is 9.80. The molecule has 1 aromatic carbocycles. The molecule has 5 heteroatoms. The molecule has 82 valence electrons. The zero-order valence-corrected chi connectivity index (χ0v) is 8.83. The number of aromatic hydroxyl groups is 1. The third kappa shape index (κ3) is 1.81. The number of phenolic OH excluding ortho intramolecular Hbond substituents is 1. The fourth-order valence-electron chi connectivity index (χ4n) is 1.27. The fraction of sp³-hybridized carbons (Fsp3) is 0.300. The molecule has 0 bridgehead atoms. The summed E-state index contributed by atoms with van der Waals surface area (Å²) in [6.07, 6.45) is 0. The Kier molecular flexibility index (Phi) is 3.04. The molecule has 0 aromatic heterocycles. The molecule has 0 atom stereocenters. The lowest BCUT2D eigenvalue weighted by Gasteiger charge is -2.12. The van der Waals surface area contributed by atoms with Crippen molar-refractivity contribution in [3.05, 3.63) is 17.2 Å². The van der Waals surface area contributed by atoms with E-state index in [1.165, 1.54) is 20.3 Å². The minimum absolute atomic E-state index is 0.0364. The Morgan fingerprint density at radius 1 is 1.47 bits per heavy atom. The lowest BCUT2D eigenvalue weighted by Crippen LogP contribution is -2.07. The summed E-state index contributed by atoms with van der Waals surface area (Å²) in [5.41, 5.74) is 6.53. The summed E-state index contributed by atoms with van der Waals surface area (Å²) in [6, 6.07) is 1.46. The maximum absolute atomic E-state index is 11.4. The van der Waals surface area contributed by atoms with Gasteiger partial charge in [-0.05, 0) is 12.5 Å². The predicted molar refractivity (Wildman–Crippen MR) is 55.1 cm³/mol. The van der Waals surface area contributed by atoms with Gasteiger partial charge in [-0.3, -0.25) is 0 Å². The fourth-order valence-corrected chi connectivity index (χ4v) is 1.27. The second-order valence-corrected chi connectivity index (χ2v) is 3.01. The quantitative estimate of drug-likeness (QED) is 0.434. The first-order valence-corrected chi connectivity index (χ1v) is 4.27. The number of rotatable bonds is 2. The molecule has 1 aromatic rings. The van der Waals surface area contributed by atoms with Crippen molar-refractivity contribution in [2.45, 2.75) is 6.92 Å². The SMILES string of the molecule is COC(=O)c1c(C)c(N)cc(OC)c1O. The minimum atomic E-state index is -0.643. The van der Waals surface area contributed by atoms with Crippen molar-refractivity contribution in [2.75, 3.05) is 20.0 Å². The average Bonchev–Trinajstić information content (AvgIpc) is 2.23. The number of hydrogen-bond donors (Lipinski definition) is 2. The van der Waals surface area contributed by atoms with Gasteiger partial charge in [0, 0.05) is 11.8 Å². The molecular formula is C10H13NO4. The number of ether oxygens (including phenoxy) is 2. The Balaban J connectivity index is 3.47. The van der Waals surface area contributed by atoms with Crippen LogP contribution in [-0.2, 0) is 4.74 Å². The summed E-state index contributed by atoms with van der Waals surface area (Å²) < 4.78 is 9.42. The Bertz CT molecular complexity index is 401. The van der Waals surface area contributed by atoms with E-state index in [4.69, 9.17) is 10.5 Å². The maximum Gasteiger partial charge on any atom is 0.342 e. The molecule has 15 heavy (non-hydrogen) atoms. The molecule has 0 aliphatic rings. The van der Waals surface area contributed by atoms with Crippen molar-refractivity contribution >= 4 is 11.7 Å². The van der Waals surface area contributed by atoms with E-state index in [1.807, 2.05) is 0 Å². The van der Waals surface area contributed by atoms with Crippen LogP contribution in [0.15, 0.2) is 6.07 Å². The molecule has 0 fully saturated rings. The van der Waals surface area contributed by atoms with Crippen LogP contribution in [-0.4, -0.2) is 25.3 Å².